The number of hydrogen-bond acceptors (Lipinski definition) is 3. The summed E-state index contributed by atoms with van der Waals surface area (Å²) in [5.74, 6) is 0.569. The van der Waals surface area contributed by atoms with Gasteiger partial charge in [0.15, 0.2) is 5.65 Å². The van der Waals surface area contributed by atoms with Gasteiger partial charge in [0.2, 0.25) is 0 Å². The minimum Gasteiger partial charge on any atom is -0.316 e. The van der Waals surface area contributed by atoms with Crippen molar-refractivity contribution in [2.24, 2.45) is 0 Å². The number of pyridine rings is 2. The first-order valence-electron chi connectivity index (χ1n) is 5.95. The van der Waals surface area contributed by atoms with E-state index in [0.717, 1.165) is 24.1 Å². The lowest BCUT2D eigenvalue weighted by molar-refractivity contribution is 0.461. The Labute approximate surface area is 130 Å². The zero-order chi connectivity index (χ0) is 11.7. The molecule has 1 aliphatic rings. The Kier molecular flexibility index (Phi) is 6.27. The van der Waals surface area contributed by atoms with E-state index in [-0.39, 0.29) is 24.8 Å². The molecule has 104 valence electrons. The van der Waals surface area contributed by atoms with Gasteiger partial charge >= 0.3 is 0 Å². The highest BCUT2D eigenvalue weighted by molar-refractivity contribution is 6.31. The molecule has 2 aromatic heterocycles. The highest BCUT2D eigenvalue weighted by atomic mass is 35.5. The molecule has 1 N–H and O–H groups in total. The molecule has 1 atom stereocenters. The summed E-state index contributed by atoms with van der Waals surface area (Å²) in [7, 11) is 0. The van der Waals surface area contributed by atoms with Gasteiger partial charge in [0.1, 0.15) is 0 Å². The summed E-state index contributed by atoms with van der Waals surface area (Å²) < 4.78 is 0. The largest absolute Gasteiger partial charge is 0.316 e. The Hall–Kier alpha value is -0.610. The van der Waals surface area contributed by atoms with Gasteiger partial charge in [-0.1, -0.05) is 11.6 Å². The van der Waals surface area contributed by atoms with Crippen molar-refractivity contribution in [3.63, 3.8) is 0 Å². The van der Waals surface area contributed by atoms with Crippen LogP contribution in [0.2, 0.25) is 5.02 Å². The molecule has 1 unspecified atom stereocenters. The first-order valence-corrected chi connectivity index (χ1v) is 6.32. The third-order valence-electron chi connectivity index (χ3n) is 3.29. The Morgan fingerprint density at radius 2 is 1.95 bits per heavy atom. The Morgan fingerprint density at radius 1 is 1.16 bits per heavy atom. The molecule has 1 fully saturated rings. The average molecular weight is 321 g/mol. The van der Waals surface area contributed by atoms with E-state index in [4.69, 9.17) is 11.6 Å². The van der Waals surface area contributed by atoms with E-state index in [2.05, 4.69) is 21.4 Å². The van der Waals surface area contributed by atoms with Gasteiger partial charge in [0, 0.05) is 24.3 Å². The molecular formula is C13H16Cl3N3. The summed E-state index contributed by atoms with van der Waals surface area (Å²) in [6, 6.07) is 4.09. The van der Waals surface area contributed by atoms with Crippen LogP contribution in [0.15, 0.2) is 24.5 Å². The number of rotatable bonds is 1. The van der Waals surface area contributed by atoms with E-state index in [1.807, 2.05) is 12.3 Å². The molecule has 1 saturated heterocycles. The maximum atomic E-state index is 5.95. The van der Waals surface area contributed by atoms with Crippen molar-refractivity contribution in [2.75, 3.05) is 13.1 Å². The first-order chi connectivity index (χ1) is 8.33. The van der Waals surface area contributed by atoms with Gasteiger partial charge in [0.05, 0.1) is 5.02 Å². The summed E-state index contributed by atoms with van der Waals surface area (Å²) in [4.78, 5) is 8.61. The molecule has 2 aromatic rings. The molecule has 6 heteroatoms. The second kappa shape index (κ2) is 7.25. The number of nitrogens with one attached hydrogen (secondary N) is 1. The molecule has 19 heavy (non-hydrogen) atoms. The van der Waals surface area contributed by atoms with E-state index in [1.165, 1.54) is 18.4 Å². The summed E-state index contributed by atoms with van der Waals surface area (Å²) in [5, 5.41) is 5.12. The summed E-state index contributed by atoms with van der Waals surface area (Å²) in [6.45, 7) is 2.17. The summed E-state index contributed by atoms with van der Waals surface area (Å²) in [6.07, 6.45) is 6.05. The standard InChI is InChI=1S/C13H14ClN3.2ClH/c14-12-5-10-4-11(7-16-13(10)17-8-12)9-2-1-3-15-6-9;;/h4-5,7-9,15H,1-3,6H2;2*1H. The van der Waals surface area contributed by atoms with Crippen LogP contribution in [0, 0.1) is 0 Å². The van der Waals surface area contributed by atoms with Gasteiger partial charge in [-0.25, -0.2) is 9.97 Å². The highest BCUT2D eigenvalue weighted by Crippen LogP contribution is 2.25. The number of piperidine rings is 1. The zero-order valence-corrected chi connectivity index (χ0v) is 12.7. The Balaban J connectivity index is 0.000000902. The van der Waals surface area contributed by atoms with Gasteiger partial charge in [-0.2, -0.15) is 0 Å². The maximum absolute atomic E-state index is 5.95. The van der Waals surface area contributed by atoms with Crippen LogP contribution in [0.5, 0.6) is 0 Å². The fourth-order valence-electron chi connectivity index (χ4n) is 2.37. The number of hydrogen-bond donors (Lipinski definition) is 1. The molecule has 3 heterocycles. The van der Waals surface area contributed by atoms with Crippen LogP contribution >= 0.6 is 36.4 Å². The molecule has 3 nitrogen and oxygen atoms in total. The lowest BCUT2D eigenvalue weighted by atomic mass is 9.92. The van der Waals surface area contributed by atoms with E-state index in [0.29, 0.717) is 10.9 Å². The molecule has 0 amide bonds. The highest BCUT2D eigenvalue weighted by Gasteiger charge is 2.15. The maximum Gasteiger partial charge on any atom is 0.159 e. The predicted octanol–water partition coefficient (Wildman–Crippen LogP) is 3.59. The van der Waals surface area contributed by atoms with Crippen LogP contribution in [-0.2, 0) is 0 Å². The Morgan fingerprint density at radius 3 is 2.68 bits per heavy atom. The fourth-order valence-corrected chi connectivity index (χ4v) is 2.54. The first kappa shape index (κ1) is 16.4. The van der Waals surface area contributed by atoms with Crippen LogP contribution in [0.4, 0.5) is 0 Å². The number of nitrogens with zero attached hydrogens (tertiary/aromatic N) is 2. The number of halogens is 3. The predicted molar refractivity (Wildman–Crippen MR) is 83.9 cm³/mol. The molecular weight excluding hydrogens is 305 g/mol. The minimum atomic E-state index is 0. The molecule has 0 aromatic carbocycles. The van der Waals surface area contributed by atoms with Gasteiger partial charge < -0.3 is 5.32 Å². The average Bonchev–Trinajstić information content (AvgIpc) is 2.39. The van der Waals surface area contributed by atoms with Gasteiger partial charge in [-0.05, 0) is 43.0 Å². The van der Waals surface area contributed by atoms with Crippen molar-refractivity contribution in [3.05, 3.63) is 35.1 Å². The monoisotopic (exact) mass is 319 g/mol. The minimum absolute atomic E-state index is 0. The lowest BCUT2D eigenvalue weighted by Gasteiger charge is -2.22. The van der Waals surface area contributed by atoms with E-state index in [1.54, 1.807) is 6.20 Å². The van der Waals surface area contributed by atoms with E-state index >= 15 is 0 Å². The van der Waals surface area contributed by atoms with Gasteiger partial charge in [-0.15, -0.1) is 24.8 Å². The third kappa shape index (κ3) is 3.69. The molecule has 1 aliphatic heterocycles. The quantitative estimate of drug-likeness (QED) is 0.872. The van der Waals surface area contributed by atoms with Crippen LogP contribution in [-0.4, -0.2) is 23.1 Å². The lowest BCUT2D eigenvalue weighted by Crippen LogP contribution is -2.28. The SMILES string of the molecule is Cl.Cl.Clc1cnc2ncc(C3CCCNC3)cc2c1. The van der Waals surface area contributed by atoms with Crippen LogP contribution in [0.25, 0.3) is 11.0 Å². The summed E-state index contributed by atoms with van der Waals surface area (Å²) in [5.41, 5.74) is 2.05. The Bertz CT molecular complexity index is 542. The van der Waals surface area contributed by atoms with Crippen LogP contribution in [0.3, 0.4) is 0 Å². The van der Waals surface area contributed by atoms with Crippen LogP contribution in [0.1, 0.15) is 24.3 Å². The van der Waals surface area contributed by atoms with Gasteiger partial charge in [-0.3, -0.25) is 0 Å². The fraction of sp³-hybridized carbons (Fsp3) is 0.385. The second-order valence-electron chi connectivity index (χ2n) is 4.51. The second-order valence-corrected chi connectivity index (χ2v) is 4.95. The zero-order valence-electron chi connectivity index (χ0n) is 10.3. The smallest absolute Gasteiger partial charge is 0.159 e. The van der Waals surface area contributed by atoms with E-state index < -0.39 is 0 Å². The molecule has 0 bridgehead atoms. The number of aromatic nitrogens is 2. The van der Waals surface area contributed by atoms with Crippen molar-refractivity contribution in [1.29, 1.82) is 0 Å². The summed E-state index contributed by atoms with van der Waals surface area (Å²) >= 11 is 5.95. The molecule has 0 radical (unpaired) electrons. The third-order valence-corrected chi connectivity index (χ3v) is 3.49. The van der Waals surface area contributed by atoms with E-state index in [9.17, 15) is 0 Å². The van der Waals surface area contributed by atoms with Crippen molar-refractivity contribution in [3.8, 4) is 0 Å². The molecule has 0 spiro atoms. The van der Waals surface area contributed by atoms with Crippen molar-refractivity contribution in [2.45, 2.75) is 18.8 Å². The van der Waals surface area contributed by atoms with Crippen molar-refractivity contribution in [1.82, 2.24) is 15.3 Å². The van der Waals surface area contributed by atoms with Crippen LogP contribution < -0.4 is 5.32 Å². The van der Waals surface area contributed by atoms with Gasteiger partial charge in [0.25, 0.3) is 0 Å². The van der Waals surface area contributed by atoms with Crippen molar-refractivity contribution >= 4 is 47.4 Å². The topological polar surface area (TPSA) is 37.8 Å². The molecule has 0 saturated carbocycles. The molecule has 0 aliphatic carbocycles. The molecule has 3 rings (SSSR count). The number of fused-ring (bicyclic) bond motifs is 1. The van der Waals surface area contributed by atoms with Crippen molar-refractivity contribution < 1.29 is 0 Å². The normalized spacial score (nSPS) is 18.5.